The van der Waals surface area contributed by atoms with Gasteiger partial charge in [-0.05, 0) is 36.0 Å². The van der Waals surface area contributed by atoms with Crippen LogP contribution in [-0.4, -0.2) is 17.0 Å². The molecule has 0 heterocycles. The third-order valence-electron chi connectivity index (χ3n) is 3.18. The molecule has 2 N–H and O–H groups in total. The Labute approximate surface area is 111 Å². The molecule has 1 aromatic rings. The van der Waals surface area contributed by atoms with Gasteiger partial charge in [-0.1, -0.05) is 19.1 Å². The molecule has 1 fully saturated rings. The largest absolute Gasteiger partial charge is 0.478 e. The van der Waals surface area contributed by atoms with Crippen molar-refractivity contribution < 1.29 is 19.5 Å². The topological polar surface area (TPSA) is 75.6 Å². The molecule has 0 unspecified atom stereocenters. The van der Waals surface area contributed by atoms with E-state index in [0.717, 1.165) is 18.4 Å². The van der Waals surface area contributed by atoms with Gasteiger partial charge in [-0.15, -0.1) is 0 Å². The number of carboxylic acid groups (broad SMARTS) is 1. The molecular weight excluding hydrogens is 246 g/mol. The van der Waals surface area contributed by atoms with Crippen LogP contribution in [0.15, 0.2) is 18.2 Å². The smallest absolute Gasteiger partial charge is 0.336 e. The van der Waals surface area contributed by atoms with Gasteiger partial charge in [0.05, 0.1) is 5.56 Å². The van der Waals surface area contributed by atoms with Crippen molar-refractivity contribution in [1.29, 1.82) is 0 Å². The summed E-state index contributed by atoms with van der Waals surface area (Å²) in [5, 5.41) is 9.20. The third kappa shape index (κ3) is 3.32. The van der Waals surface area contributed by atoms with E-state index in [2.05, 4.69) is 5.48 Å². The van der Waals surface area contributed by atoms with Crippen molar-refractivity contribution in [3.8, 4) is 0 Å². The van der Waals surface area contributed by atoms with E-state index in [0.29, 0.717) is 17.9 Å². The van der Waals surface area contributed by atoms with Crippen LogP contribution in [0.2, 0.25) is 0 Å². The number of carbonyl (C=O) groups is 2. The minimum atomic E-state index is -0.970. The lowest BCUT2D eigenvalue weighted by atomic mass is 9.98. The highest BCUT2D eigenvalue weighted by atomic mass is 16.6. The first-order valence-electron chi connectivity index (χ1n) is 6.39. The minimum absolute atomic E-state index is 0.0834. The molecule has 1 aliphatic carbocycles. The molecule has 19 heavy (non-hydrogen) atoms. The molecule has 0 aromatic heterocycles. The number of aromatic carboxylic acids is 1. The van der Waals surface area contributed by atoms with Crippen LogP contribution in [0.4, 0.5) is 0 Å². The van der Waals surface area contributed by atoms with Crippen molar-refractivity contribution in [2.45, 2.75) is 38.7 Å². The fraction of sp³-hybridized carbons (Fsp3) is 0.429. The summed E-state index contributed by atoms with van der Waals surface area (Å²) < 4.78 is 0. The molecule has 0 bridgehead atoms. The van der Waals surface area contributed by atoms with Crippen LogP contribution in [0, 0.1) is 0 Å². The Morgan fingerprint density at radius 2 is 2.16 bits per heavy atom. The Bertz CT molecular complexity index is 494. The molecule has 1 aromatic carbocycles. The zero-order chi connectivity index (χ0) is 13.8. The maximum Gasteiger partial charge on any atom is 0.336 e. The first-order chi connectivity index (χ1) is 9.13. The van der Waals surface area contributed by atoms with Gasteiger partial charge in [0.2, 0.25) is 5.91 Å². The number of carbonyl (C=O) groups excluding carboxylic acids is 1. The second-order valence-corrected chi connectivity index (χ2v) is 4.62. The monoisotopic (exact) mass is 263 g/mol. The molecule has 5 nitrogen and oxygen atoms in total. The molecule has 0 radical (unpaired) electrons. The number of nitrogens with one attached hydrogen (secondary N) is 1. The van der Waals surface area contributed by atoms with Gasteiger partial charge in [-0.3, -0.25) is 9.63 Å². The van der Waals surface area contributed by atoms with Crippen LogP contribution in [-0.2, 0) is 16.2 Å². The van der Waals surface area contributed by atoms with E-state index in [1.54, 1.807) is 19.1 Å². The summed E-state index contributed by atoms with van der Waals surface area (Å²) in [6.07, 6.45) is 2.49. The van der Waals surface area contributed by atoms with Crippen LogP contribution in [0.1, 0.15) is 53.6 Å². The van der Waals surface area contributed by atoms with Crippen molar-refractivity contribution in [3.63, 3.8) is 0 Å². The summed E-state index contributed by atoms with van der Waals surface area (Å²) in [5.41, 5.74) is 4.23. The van der Waals surface area contributed by atoms with Crippen molar-refractivity contribution in [2.75, 3.05) is 0 Å². The van der Waals surface area contributed by atoms with E-state index < -0.39 is 5.97 Å². The van der Waals surface area contributed by atoms with Crippen molar-refractivity contribution in [2.24, 2.45) is 0 Å². The first kappa shape index (κ1) is 13.5. The quantitative estimate of drug-likeness (QED) is 0.772. The zero-order valence-electron chi connectivity index (χ0n) is 10.8. The second-order valence-electron chi connectivity index (χ2n) is 4.62. The fourth-order valence-electron chi connectivity index (χ4n) is 2.00. The zero-order valence-corrected chi connectivity index (χ0v) is 10.8. The summed E-state index contributed by atoms with van der Waals surface area (Å²) in [5.74, 6) is -0.761. The number of rotatable bonds is 6. The predicted octanol–water partition coefficient (Wildman–Crippen LogP) is 2.22. The van der Waals surface area contributed by atoms with Gasteiger partial charge >= 0.3 is 5.97 Å². The van der Waals surface area contributed by atoms with E-state index in [1.807, 2.05) is 6.07 Å². The Kier molecular flexibility index (Phi) is 4.16. The first-order valence-corrected chi connectivity index (χ1v) is 6.39. The summed E-state index contributed by atoms with van der Waals surface area (Å²) in [7, 11) is 0. The van der Waals surface area contributed by atoms with Crippen molar-refractivity contribution >= 4 is 11.9 Å². The number of benzene rings is 1. The van der Waals surface area contributed by atoms with E-state index in [9.17, 15) is 14.7 Å². The lowest BCUT2D eigenvalue weighted by Gasteiger charge is -2.12. The van der Waals surface area contributed by atoms with E-state index in [4.69, 9.17) is 4.84 Å². The summed E-state index contributed by atoms with van der Waals surface area (Å²) in [6.45, 7) is 1.81. The summed E-state index contributed by atoms with van der Waals surface area (Å²) in [6, 6.07) is 5.25. The Balaban J connectivity index is 2.15. The predicted molar refractivity (Wildman–Crippen MR) is 68.6 cm³/mol. The Morgan fingerprint density at radius 3 is 2.74 bits per heavy atom. The van der Waals surface area contributed by atoms with E-state index in [-0.39, 0.29) is 18.1 Å². The maximum atomic E-state index is 11.2. The second kappa shape index (κ2) is 5.84. The van der Waals surface area contributed by atoms with Gasteiger partial charge in [0, 0.05) is 6.42 Å². The molecule has 0 spiro atoms. The number of hydroxylamine groups is 1. The molecule has 0 aliphatic heterocycles. The normalized spacial score (nSPS) is 14.2. The lowest BCUT2D eigenvalue weighted by Crippen LogP contribution is -2.23. The number of carboxylic acids is 1. The summed E-state index contributed by atoms with van der Waals surface area (Å²) in [4.78, 5) is 27.4. The molecule has 5 heteroatoms. The molecule has 2 rings (SSSR count). The van der Waals surface area contributed by atoms with E-state index in [1.165, 1.54) is 0 Å². The molecule has 102 valence electrons. The molecule has 0 saturated heterocycles. The van der Waals surface area contributed by atoms with Gasteiger partial charge in [0.15, 0.2) is 0 Å². The molecule has 1 aliphatic rings. The number of hydrogen-bond donors (Lipinski definition) is 2. The van der Waals surface area contributed by atoms with Gasteiger partial charge in [0.25, 0.3) is 0 Å². The van der Waals surface area contributed by atoms with Crippen LogP contribution in [0.5, 0.6) is 0 Å². The molecule has 1 saturated carbocycles. The van der Waals surface area contributed by atoms with Gasteiger partial charge in [-0.2, -0.15) is 0 Å². The average molecular weight is 263 g/mol. The minimum Gasteiger partial charge on any atom is -0.478 e. The SMILES string of the molecule is CCC(=O)NOCc1c(C(=O)O)cccc1C1CC1. The highest BCUT2D eigenvalue weighted by molar-refractivity contribution is 5.89. The standard InChI is InChI=1S/C14H17NO4/c1-2-13(16)15-19-8-12-10(9-6-7-9)4-3-5-11(12)14(17)18/h3-5,9H,2,6-8H2,1H3,(H,15,16)(H,17,18). The third-order valence-corrected chi connectivity index (χ3v) is 3.18. The van der Waals surface area contributed by atoms with Crippen LogP contribution >= 0.6 is 0 Å². The van der Waals surface area contributed by atoms with Gasteiger partial charge < -0.3 is 5.11 Å². The van der Waals surface area contributed by atoms with Crippen LogP contribution < -0.4 is 5.48 Å². The Hall–Kier alpha value is -1.88. The molecule has 0 atom stereocenters. The van der Waals surface area contributed by atoms with Crippen molar-refractivity contribution in [3.05, 3.63) is 34.9 Å². The number of hydrogen-bond acceptors (Lipinski definition) is 3. The van der Waals surface area contributed by atoms with Crippen LogP contribution in [0.3, 0.4) is 0 Å². The Morgan fingerprint density at radius 1 is 1.42 bits per heavy atom. The highest BCUT2D eigenvalue weighted by Crippen LogP contribution is 2.42. The van der Waals surface area contributed by atoms with E-state index >= 15 is 0 Å². The van der Waals surface area contributed by atoms with Gasteiger partial charge in [0.1, 0.15) is 6.61 Å². The average Bonchev–Trinajstić information content (AvgIpc) is 3.22. The molecular formula is C14H17NO4. The lowest BCUT2D eigenvalue weighted by molar-refractivity contribution is -0.134. The summed E-state index contributed by atoms with van der Waals surface area (Å²) >= 11 is 0. The fourth-order valence-corrected chi connectivity index (χ4v) is 2.00. The maximum absolute atomic E-state index is 11.2. The molecule has 1 amide bonds. The highest BCUT2D eigenvalue weighted by Gasteiger charge is 2.28. The van der Waals surface area contributed by atoms with Crippen molar-refractivity contribution in [1.82, 2.24) is 5.48 Å². The van der Waals surface area contributed by atoms with Crippen LogP contribution in [0.25, 0.3) is 0 Å². The van der Waals surface area contributed by atoms with Gasteiger partial charge in [-0.25, -0.2) is 10.3 Å². The number of amides is 1.